The van der Waals surface area contributed by atoms with E-state index in [-0.39, 0.29) is 0 Å². The lowest BCUT2D eigenvalue weighted by atomic mass is 10.2. The zero-order chi connectivity index (χ0) is 9.70. The zero-order valence-electron chi connectivity index (χ0n) is 8.61. The molecule has 2 N–H and O–H groups in total. The molecule has 0 unspecified atom stereocenters. The molecule has 0 rings (SSSR count). The first-order chi connectivity index (χ1) is 5.27. The van der Waals surface area contributed by atoms with Crippen molar-refractivity contribution in [1.29, 1.82) is 0 Å². The van der Waals surface area contributed by atoms with E-state index >= 15 is 0 Å². The van der Waals surface area contributed by atoms with Crippen LogP contribution in [0.2, 0.25) is 0 Å². The van der Waals surface area contributed by atoms with Crippen molar-refractivity contribution in [1.82, 2.24) is 0 Å². The van der Waals surface area contributed by atoms with Gasteiger partial charge in [-0.2, -0.15) is 0 Å². The van der Waals surface area contributed by atoms with Crippen LogP contribution in [0.1, 0.15) is 47.0 Å². The monoisotopic (exact) mass is 161 g/mol. The summed E-state index contributed by atoms with van der Waals surface area (Å²) in [4.78, 5) is 10.2. The lowest BCUT2D eigenvalue weighted by molar-refractivity contribution is -0.117. The van der Waals surface area contributed by atoms with Gasteiger partial charge in [-0.15, -0.1) is 0 Å². The summed E-state index contributed by atoms with van der Waals surface area (Å²) in [5.74, 6) is 0.307. The molecule has 0 bridgehead atoms. The normalized spacial score (nSPS) is 6.73. The van der Waals surface area contributed by atoms with E-state index in [0.29, 0.717) is 5.78 Å². The molecule has 0 spiro atoms. The molecule has 0 saturated heterocycles. The Morgan fingerprint density at radius 2 is 1.64 bits per heavy atom. The average molecular weight is 161 g/mol. The highest BCUT2D eigenvalue weighted by Crippen LogP contribution is 1.92. The maximum absolute atomic E-state index is 10.2. The van der Waals surface area contributed by atoms with E-state index in [1.54, 1.807) is 6.92 Å². The first kappa shape index (κ1) is 16.9. The summed E-state index contributed by atoms with van der Waals surface area (Å²) in [7, 11) is 1.50. The van der Waals surface area contributed by atoms with Crippen LogP contribution in [0.25, 0.3) is 0 Å². The lowest BCUT2D eigenvalue weighted by Crippen LogP contribution is -1.86. The molecule has 0 aliphatic heterocycles. The highest BCUT2D eigenvalue weighted by molar-refractivity contribution is 5.75. The fourth-order valence-electron chi connectivity index (χ4n) is 0.426. The van der Waals surface area contributed by atoms with E-state index in [1.165, 1.54) is 7.05 Å². The molecular weight excluding hydrogens is 138 g/mol. The van der Waals surface area contributed by atoms with Gasteiger partial charge in [0.05, 0.1) is 0 Å². The van der Waals surface area contributed by atoms with E-state index in [1.807, 2.05) is 13.8 Å². The van der Waals surface area contributed by atoms with Gasteiger partial charge in [0.1, 0.15) is 5.78 Å². The summed E-state index contributed by atoms with van der Waals surface area (Å²) in [6, 6.07) is 0. The van der Waals surface area contributed by atoms with Crippen LogP contribution < -0.4 is 5.73 Å². The Hall–Kier alpha value is -0.370. The number of hydrogen-bond donors (Lipinski definition) is 1. The number of rotatable bonds is 3. The van der Waals surface area contributed by atoms with Crippen LogP contribution in [0.5, 0.6) is 0 Å². The second kappa shape index (κ2) is 22.6. The molecule has 0 amide bonds. The van der Waals surface area contributed by atoms with Crippen molar-refractivity contribution < 1.29 is 4.79 Å². The number of ketones is 1. The number of carbonyl (C=O) groups excluding carboxylic acids is 1. The fraction of sp³-hybridized carbons (Fsp3) is 0.889. The van der Waals surface area contributed by atoms with Crippen LogP contribution in [0.3, 0.4) is 0 Å². The second-order valence-corrected chi connectivity index (χ2v) is 1.81. The van der Waals surface area contributed by atoms with Crippen molar-refractivity contribution in [2.24, 2.45) is 5.73 Å². The van der Waals surface area contributed by atoms with Crippen molar-refractivity contribution in [2.75, 3.05) is 7.05 Å². The standard InChI is InChI=1S/C6H12O.C2H6.CH5N/c1-3-4-5-6(2)7;2*1-2/h3-5H2,1-2H3;1-2H3;2H2,1H3. The molecule has 0 aliphatic carbocycles. The van der Waals surface area contributed by atoms with Crippen molar-refractivity contribution in [3.63, 3.8) is 0 Å². The van der Waals surface area contributed by atoms with Crippen LogP contribution in [0.15, 0.2) is 0 Å². The number of hydrogen-bond acceptors (Lipinski definition) is 2. The minimum atomic E-state index is 0.307. The van der Waals surface area contributed by atoms with E-state index < -0.39 is 0 Å². The van der Waals surface area contributed by atoms with Crippen molar-refractivity contribution in [3.8, 4) is 0 Å². The zero-order valence-corrected chi connectivity index (χ0v) is 8.61. The highest BCUT2D eigenvalue weighted by Gasteiger charge is 1.87. The summed E-state index contributed by atoms with van der Waals surface area (Å²) in [6.07, 6.45) is 2.94. The van der Waals surface area contributed by atoms with E-state index in [0.717, 1.165) is 19.3 Å². The number of carbonyl (C=O) groups is 1. The third-order valence-corrected chi connectivity index (χ3v) is 0.882. The quantitative estimate of drug-likeness (QED) is 0.690. The molecule has 0 heterocycles. The molecule has 0 aromatic carbocycles. The van der Waals surface area contributed by atoms with Gasteiger partial charge in [-0.05, 0) is 20.4 Å². The minimum absolute atomic E-state index is 0.307. The smallest absolute Gasteiger partial charge is 0.129 e. The van der Waals surface area contributed by atoms with Crippen LogP contribution in [0.4, 0.5) is 0 Å². The first-order valence-corrected chi connectivity index (χ1v) is 4.34. The molecule has 0 aromatic rings. The number of Topliss-reactive ketones (excluding diaryl/α,β-unsaturated/α-hetero) is 1. The Balaban J connectivity index is -0.000000138. The molecule has 0 atom stereocenters. The van der Waals surface area contributed by atoms with Crippen molar-refractivity contribution in [3.05, 3.63) is 0 Å². The van der Waals surface area contributed by atoms with Gasteiger partial charge in [-0.25, -0.2) is 0 Å². The maximum Gasteiger partial charge on any atom is 0.129 e. The van der Waals surface area contributed by atoms with Gasteiger partial charge in [0, 0.05) is 6.42 Å². The largest absolute Gasteiger partial charge is 0.333 e. The Morgan fingerprint density at radius 1 is 1.27 bits per heavy atom. The predicted molar refractivity (Wildman–Crippen MR) is 51.7 cm³/mol. The number of nitrogens with two attached hydrogens (primary N) is 1. The second-order valence-electron chi connectivity index (χ2n) is 1.81. The molecule has 0 aromatic heterocycles. The topological polar surface area (TPSA) is 43.1 Å². The van der Waals surface area contributed by atoms with Gasteiger partial charge >= 0.3 is 0 Å². The summed E-state index contributed by atoms with van der Waals surface area (Å²) in [5.41, 5.74) is 4.50. The molecule has 2 nitrogen and oxygen atoms in total. The Morgan fingerprint density at radius 3 is 1.73 bits per heavy atom. The predicted octanol–water partition coefficient (Wildman–Crippen LogP) is 2.37. The molecule has 0 saturated carbocycles. The summed E-state index contributed by atoms with van der Waals surface area (Å²) >= 11 is 0. The van der Waals surface area contributed by atoms with E-state index in [2.05, 4.69) is 12.7 Å². The molecule has 0 fully saturated rings. The molecule has 0 radical (unpaired) electrons. The first-order valence-electron chi connectivity index (χ1n) is 4.34. The molecule has 2 heteroatoms. The molecule has 70 valence electrons. The lowest BCUT2D eigenvalue weighted by Gasteiger charge is -1.86. The SMILES string of the molecule is CC.CCCCC(C)=O.CN. The van der Waals surface area contributed by atoms with Crippen LogP contribution in [-0.4, -0.2) is 12.8 Å². The summed E-state index contributed by atoms with van der Waals surface area (Å²) < 4.78 is 0. The van der Waals surface area contributed by atoms with Crippen molar-refractivity contribution in [2.45, 2.75) is 47.0 Å². The van der Waals surface area contributed by atoms with Gasteiger partial charge in [0.15, 0.2) is 0 Å². The minimum Gasteiger partial charge on any atom is -0.333 e. The fourth-order valence-corrected chi connectivity index (χ4v) is 0.426. The van der Waals surface area contributed by atoms with Crippen LogP contribution in [0, 0.1) is 0 Å². The number of unbranched alkanes of at least 4 members (excludes halogenated alkanes) is 1. The van der Waals surface area contributed by atoms with E-state index in [4.69, 9.17) is 0 Å². The van der Waals surface area contributed by atoms with Gasteiger partial charge in [0.25, 0.3) is 0 Å². The maximum atomic E-state index is 10.2. The van der Waals surface area contributed by atoms with Crippen LogP contribution >= 0.6 is 0 Å². The van der Waals surface area contributed by atoms with Gasteiger partial charge in [-0.3, -0.25) is 0 Å². The molecule has 11 heavy (non-hydrogen) atoms. The van der Waals surface area contributed by atoms with Crippen molar-refractivity contribution >= 4 is 5.78 Å². The Kier molecular flexibility index (Phi) is 34.8. The Bertz CT molecular complexity index is 62.6. The summed E-state index contributed by atoms with van der Waals surface area (Å²) in [6.45, 7) is 7.72. The summed E-state index contributed by atoms with van der Waals surface area (Å²) in [5, 5.41) is 0. The van der Waals surface area contributed by atoms with E-state index in [9.17, 15) is 4.79 Å². The molecular formula is C9H23NO. The van der Waals surface area contributed by atoms with Crippen LogP contribution in [-0.2, 0) is 4.79 Å². The van der Waals surface area contributed by atoms with Gasteiger partial charge in [0.2, 0.25) is 0 Å². The van der Waals surface area contributed by atoms with Gasteiger partial charge in [-0.1, -0.05) is 27.2 Å². The average Bonchev–Trinajstić information content (AvgIpc) is 2.08. The highest BCUT2D eigenvalue weighted by atomic mass is 16.1. The Labute approximate surface area is 71.2 Å². The van der Waals surface area contributed by atoms with Gasteiger partial charge < -0.3 is 10.5 Å². The molecule has 0 aliphatic rings. The third-order valence-electron chi connectivity index (χ3n) is 0.882. The third kappa shape index (κ3) is 42.5.